The van der Waals surface area contributed by atoms with Crippen LogP contribution < -0.4 is 19.7 Å². The molecule has 0 saturated carbocycles. The first-order chi connectivity index (χ1) is 18.1. The molecule has 2 aliphatic rings. The molecule has 2 aliphatic heterocycles. The van der Waals surface area contributed by atoms with Crippen molar-refractivity contribution in [3.05, 3.63) is 60.8 Å². The van der Waals surface area contributed by atoms with Crippen LogP contribution in [0.4, 0.5) is 17.3 Å². The van der Waals surface area contributed by atoms with Gasteiger partial charge in [0.05, 0.1) is 11.6 Å². The largest absolute Gasteiger partial charge is 0.487 e. The van der Waals surface area contributed by atoms with Gasteiger partial charge >= 0.3 is 0 Å². The second-order valence-electron chi connectivity index (χ2n) is 9.45. The maximum atomic E-state index is 6.11. The lowest BCUT2D eigenvalue weighted by molar-refractivity contribution is 0.187. The van der Waals surface area contributed by atoms with E-state index in [0.717, 1.165) is 59.4 Å². The van der Waals surface area contributed by atoms with Crippen LogP contribution in [0.2, 0.25) is 0 Å². The van der Waals surface area contributed by atoms with Crippen LogP contribution in [0.5, 0.6) is 17.2 Å². The van der Waals surface area contributed by atoms with Gasteiger partial charge in [-0.05, 0) is 43.8 Å². The minimum Gasteiger partial charge on any atom is -0.487 e. The number of ether oxygens (including phenoxy) is 2. The first kappa shape index (κ1) is 21.7. The van der Waals surface area contributed by atoms with Gasteiger partial charge in [-0.25, -0.2) is 24.5 Å². The monoisotopic (exact) mass is 495 g/mol. The van der Waals surface area contributed by atoms with E-state index >= 15 is 0 Å². The van der Waals surface area contributed by atoms with Crippen LogP contribution in [-0.2, 0) is 0 Å². The third kappa shape index (κ3) is 3.93. The van der Waals surface area contributed by atoms with E-state index in [9.17, 15) is 0 Å². The fourth-order valence-corrected chi connectivity index (χ4v) is 4.94. The van der Waals surface area contributed by atoms with E-state index in [-0.39, 0.29) is 6.04 Å². The molecule has 1 fully saturated rings. The summed E-state index contributed by atoms with van der Waals surface area (Å²) in [6.45, 7) is 5.52. The number of hydrogen-bond acceptors (Lipinski definition) is 10. The molecule has 0 amide bonds. The van der Waals surface area contributed by atoms with E-state index in [1.165, 1.54) is 6.33 Å². The molecule has 7 rings (SSSR count). The van der Waals surface area contributed by atoms with E-state index in [1.54, 1.807) is 10.8 Å². The molecule has 1 saturated heterocycles. The van der Waals surface area contributed by atoms with Gasteiger partial charge in [-0.3, -0.25) is 0 Å². The summed E-state index contributed by atoms with van der Waals surface area (Å²) in [5.74, 6) is 3.74. The zero-order chi connectivity index (χ0) is 24.9. The van der Waals surface area contributed by atoms with Gasteiger partial charge in [-0.15, -0.1) is 0 Å². The Hall–Kier alpha value is -4.51. The number of pyridine rings is 2. The van der Waals surface area contributed by atoms with Crippen molar-refractivity contribution in [2.45, 2.75) is 13.0 Å². The predicted octanol–water partition coefficient (Wildman–Crippen LogP) is 3.42. The van der Waals surface area contributed by atoms with Crippen molar-refractivity contribution in [1.82, 2.24) is 34.4 Å². The molecule has 1 N–H and O–H groups in total. The minimum atomic E-state index is 0.290. The zero-order valence-electron chi connectivity index (χ0n) is 20.5. The summed E-state index contributed by atoms with van der Waals surface area (Å²) < 4.78 is 13.9. The number of rotatable bonds is 4. The highest BCUT2D eigenvalue weighted by molar-refractivity contribution is 5.90. The van der Waals surface area contributed by atoms with Crippen molar-refractivity contribution in [2.24, 2.45) is 0 Å². The first-order valence-electron chi connectivity index (χ1n) is 12.2. The van der Waals surface area contributed by atoms with Crippen LogP contribution in [0, 0.1) is 6.92 Å². The van der Waals surface area contributed by atoms with Crippen molar-refractivity contribution in [3.63, 3.8) is 0 Å². The predicted molar refractivity (Wildman–Crippen MR) is 139 cm³/mol. The number of benzene rings is 1. The lowest BCUT2D eigenvalue weighted by Gasteiger charge is -2.43. The van der Waals surface area contributed by atoms with Gasteiger partial charge in [0.15, 0.2) is 23.0 Å². The number of nitrogens with zero attached hydrogens (tertiary/aromatic N) is 8. The molecule has 0 spiro atoms. The third-order valence-corrected chi connectivity index (χ3v) is 6.86. The lowest BCUT2D eigenvalue weighted by Crippen LogP contribution is -2.56. The molecule has 1 aromatic carbocycles. The number of piperazine rings is 1. The number of anilines is 3. The molecule has 0 unspecified atom stereocenters. The first-order valence-corrected chi connectivity index (χ1v) is 12.2. The molecule has 186 valence electrons. The Morgan fingerprint density at radius 3 is 2.92 bits per heavy atom. The Balaban J connectivity index is 1.17. The van der Waals surface area contributed by atoms with E-state index < -0.39 is 0 Å². The molecular formula is C26H25N9O2. The highest BCUT2D eigenvalue weighted by Crippen LogP contribution is 2.37. The highest BCUT2D eigenvalue weighted by atomic mass is 16.5. The Morgan fingerprint density at radius 2 is 2.00 bits per heavy atom. The molecule has 11 nitrogen and oxygen atoms in total. The maximum absolute atomic E-state index is 6.11. The van der Waals surface area contributed by atoms with E-state index in [2.05, 4.69) is 42.2 Å². The van der Waals surface area contributed by atoms with Crippen LogP contribution in [0.25, 0.3) is 16.7 Å². The van der Waals surface area contributed by atoms with E-state index in [1.807, 2.05) is 49.5 Å². The molecule has 0 bridgehead atoms. The van der Waals surface area contributed by atoms with Crippen molar-refractivity contribution < 1.29 is 9.47 Å². The summed E-state index contributed by atoms with van der Waals surface area (Å²) in [6, 6.07) is 11.9. The van der Waals surface area contributed by atoms with Crippen LogP contribution in [0.1, 0.15) is 5.56 Å². The number of aryl methyl sites for hydroxylation is 1. The van der Waals surface area contributed by atoms with Crippen molar-refractivity contribution in [1.29, 1.82) is 0 Å². The van der Waals surface area contributed by atoms with Crippen molar-refractivity contribution >= 4 is 34.0 Å². The summed E-state index contributed by atoms with van der Waals surface area (Å²) in [5, 5.41) is 7.55. The quantitative estimate of drug-likeness (QED) is 0.399. The van der Waals surface area contributed by atoms with Crippen molar-refractivity contribution in [3.8, 4) is 17.2 Å². The Bertz CT molecular complexity index is 1640. The van der Waals surface area contributed by atoms with Crippen molar-refractivity contribution in [2.75, 3.05) is 43.5 Å². The number of aromatic nitrogens is 6. The van der Waals surface area contributed by atoms with Gasteiger partial charge in [0.25, 0.3) is 0 Å². The van der Waals surface area contributed by atoms with Gasteiger partial charge in [-0.1, -0.05) is 0 Å². The second-order valence-corrected chi connectivity index (χ2v) is 9.45. The number of fused-ring (bicyclic) bond motifs is 5. The molecule has 0 aliphatic carbocycles. The summed E-state index contributed by atoms with van der Waals surface area (Å²) >= 11 is 0. The second kappa shape index (κ2) is 8.56. The summed E-state index contributed by atoms with van der Waals surface area (Å²) in [6.07, 6.45) is 4.89. The van der Waals surface area contributed by atoms with Crippen LogP contribution in [0.3, 0.4) is 0 Å². The summed E-state index contributed by atoms with van der Waals surface area (Å²) in [5.41, 5.74) is 4.04. The van der Waals surface area contributed by atoms with Gasteiger partial charge in [0.2, 0.25) is 0 Å². The van der Waals surface area contributed by atoms with Gasteiger partial charge < -0.3 is 24.6 Å². The molecule has 5 aromatic rings. The molecule has 11 heteroatoms. The SMILES string of the molecule is Cc1cc(Nc2ncnc3cc4c(nc23)N2CCN(C)C[C@@H]2CO4)ccc1Oc1ccn2ncnc2c1. The summed E-state index contributed by atoms with van der Waals surface area (Å²) in [7, 11) is 2.14. The highest BCUT2D eigenvalue weighted by Gasteiger charge is 2.33. The van der Waals surface area contributed by atoms with Crippen LogP contribution in [-0.4, -0.2) is 73.8 Å². The third-order valence-electron chi connectivity index (χ3n) is 6.86. The molecule has 4 aromatic heterocycles. The van der Waals surface area contributed by atoms with Crippen LogP contribution in [0.15, 0.2) is 55.2 Å². The fraction of sp³-hybridized carbons (Fsp3) is 0.269. The molecule has 1 atom stereocenters. The van der Waals surface area contributed by atoms with E-state index in [4.69, 9.17) is 14.5 Å². The Kier molecular flexibility index (Phi) is 5.03. The topological polar surface area (TPSA) is 106 Å². The normalized spacial score (nSPS) is 17.4. The van der Waals surface area contributed by atoms with Gasteiger partial charge in [-0.2, -0.15) is 5.10 Å². The smallest absolute Gasteiger partial charge is 0.172 e. The molecule has 6 heterocycles. The number of nitrogens with one attached hydrogen (secondary N) is 1. The van der Waals surface area contributed by atoms with Gasteiger partial charge in [0.1, 0.15) is 36.3 Å². The average molecular weight is 496 g/mol. The molecule has 0 radical (unpaired) electrons. The van der Waals surface area contributed by atoms with E-state index in [0.29, 0.717) is 23.7 Å². The standard InChI is InChI=1S/C26H25N9O2/c1-16-9-17(3-4-21(16)37-19-5-6-35-23(10-19)28-15-30-35)31-25-24-20(27-14-29-25)11-22-26(32-24)34-8-7-33(2)12-18(34)13-36-22/h3-6,9-11,14-15,18H,7-8,12-13H2,1-2H3,(H,27,29,31)/t18-/m1/s1. The lowest BCUT2D eigenvalue weighted by atomic mass is 10.1. The number of hydrogen-bond donors (Lipinski definition) is 1. The van der Waals surface area contributed by atoms with Crippen LogP contribution >= 0.6 is 0 Å². The Morgan fingerprint density at radius 1 is 1.05 bits per heavy atom. The number of likely N-dealkylation sites (N-methyl/N-ethyl adjacent to an activating group) is 1. The molecular weight excluding hydrogens is 470 g/mol. The minimum absolute atomic E-state index is 0.290. The Labute approximate surface area is 212 Å². The maximum Gasteiger partial charge on any atom is 0.172 e. The van der Waals surface area contributed by atoms with Gasteiger partial charge in [0, 0.05) is 43.7 Å². The fourth-order valence-electron chi connectivity index (χ4n) is 4.94. The zero-order valence-corrected chi connectivity index (χ0v) is 20.5. The summed E-state index contributed by atoms with van der Waals surface area (Å²) in [4.78, 5) is 22.8. The average Bonchev–Trinajstić information content (AvgIpc) is 3.37. The molecule has 37 heavy (non-hydrogen) atoms.